The highest BCUT2D eigenvalue weighted by molar-refractivity contribution is 7.88. The molecule has 0 aliphatic carbocycles. The molecule has 5 nitrogen and oxygen atoms in total. The van der Waals surface area contributed by atoms with Gasteiger partial charge in [-0.3, -0.25) is 0 Å². The van der Waals surface area contributed by atoms with E-state index in [4.69, 9.17) is 0 Å². The first-order chi connectivity index (χ1) is 10.5. The molecule has 1 aliphatic heterocycles. The molecule has 1 atom stereocenters. The summed E-state index contributed by atoms with van der Waals surface area (Å²) in [6.45, 7) is 1.15. The average molecular weight is 321 g/mol. The van der Waals surface area contributed by atoms with Gasteiger partial charge in [0.15, 0.2) is 0 Å². The summed E-state index contributed by atoms with van der Waals surface area (Å²) in [6.07, 6.45) is 5.44. The lowest BCUT2D eigenvalue weighted by atomic mass is 10.0. The Bertz CT molecular complexity index is 767. The van der Waals surface area contributed by atoms with Crippen molar-refractivity contribution >= 4 is 20.9 Å². The van der Waals surface area contributed by atoms with Crippen LogP contribution in [0.1, 0.15) is 18.4 Å². The monoisotopic (exact) mass is 321 g/mol. The summed E-state index contributed by atoms with van der Waals surface area (Å²) >= 11 is 0. The molecular weight excluding hydrogens is 298 g/mol. The van der Waals surface area contributed by atoms with Gasteiger partial charge in [-0.25, -0.2) is 13.1 Å². The predicted molar refractivity (Wildman–Crippen MR) is 89.3 cm³/mol. The van der Waals surface area contributed by atoms with Crippen LogP contribution in [-0.2, 0) is 22.3 Å². The quantitative estimate of drug-likeness (QED) is 0.913. The van der Waals surface area contributed by atoms with Gasteiger partial charge in [0, 0.05) is 23.1 Å². The Hall–Kier alpha value is -1.37. The molecule has 2 aromatic rings. The molecule has 0 amide bonds. The summed E-state index contributed by atoms with van der Waals surface area (Å²) in [4.78, 5) is 2.40. The van der Waals surface area contributed by atoms with E-state index in [0.717, 1.165) is 23.9 Å². The molecule has 0 bridgehead atoms. The smallest absolute Gasteiger partial charge is 0.229 e. The molecule has 1 fully saturated rings. The highest BCUT2D eigenvalue weighted by atomic mass is 32.2. The van der Waals surface area contributed by atoms with E-state index in [1.54, 1.807) is 0 Å². The van der Waals surface area contributed by atoms with Crippen molar-refractivity contribution in [3.63, 3.8) is 0 Å². The second-order valence-corrected chi connectivity index (χ2v) is 7.97. The molecule has 1 unspecified atom stereocenters. The van der Waals surface area contributed by atoms with E-state index in [-0.39, 0.29) is 5.88 Å². The van der Waals surface area contributed by atoms with Crippen LogP contribution in [0.2, 0.25) is 0 Å². The first-order valence-electron chi connectivity index (χ1n) is 7.68. The zero-order valence-corrected chi connectivity index (χ0v) is 13.9. The van der Waals surface area contributed by atoms with Crippen molar-refractivity contribution in [2.45, 2.75) is 31.2 Å². The number of nitrogens with one attached hydrogen (secondary N) is 1. The van der Waals surface area contributed by atoms with Crippen molar-refractivity contribution in [2.75, 3.05) is 20.6 Å². The lowest BCUT2D eigenvalue weighted by Crippen LogP contribution is -2.26. The van der Waals surface area contributed by atoms with Gasteiger partial charge >= 0.3 is 0 Å². The number of hydrogen-bond acceptors (Lipinski definition) is 3. The van der Waals surface area contributed by atoms with Gasteiger partial charge in [-0.15, -0.1) is 0 Å². The van der Waals surface area contributed by atoms with Gasteiger partial charge in [-0.1, -0.05) is 18.2 Å². The SMILES string of the molecule is CNS(=O)(=O)Cn1cc(CC2CCCN2C)c2ccccc21. The van der Waals surface area contributed by atoms with E-state index >= 15 is 0 Å². The third kappa shape index (κ3) is 3.04. The van der Waals surface area contributed by atoms with Gasteiger partial charge in [-0.2, -0.15) is 0 Å². The number of likely N-dealkylation sites (N-methyl/N-ethyl adjacent to an activating group) is 1. The average Bonchev–Trinajstić information content (AvgIpc) is 3.05. The second kappa shape index (κ2) is 6.02. The lowest BCUT2D eigenvalue weighted by Gasteiger charge is -2.18. The number of nitrogens with zero attached hydrogens (tertiary/aromatic N) is 2. The summed E-state index contributed by atoms with van der Waals surface area (Å²) in [5.41, 5.74) is 2.22. The van der Waals surface area contributed by atoms with Gasteiger partial charge in [0.05, 0.1) is 0 Å². The van der Waals surface area contributed by atoms with Crippen LogP contribution in [0.4, 0.5) is 0 Å². The van der Waals surface area contributed by atoms with Crippen molar-refractivity contribution in [3.8, 4) is 0 Å². The molecule has 1 saturated heterocycles. The lowest BCUT2D eigenvalue weighted by molar-refractivity contribution is 0.309. The van der Waals surface area contributed by atoms with Gasteiger partial charge in [0.1, 0.15) is 5.88 Å². The topological polar surface area (TPSA) is 54.3 Å². The van der Waals surface area contributed by atoms with E-state index in [9.17, 15) is 8.42 Å². The standard InChI is InChI=1S/C16H23N3O2S/c1-17-22(20,21)12-19-11-13(10-14-6-5-9-18(14)2)15-7-3-4-8-16(15)19/h3-4,7-8,11,14,17H,5-6,9-10,12H2,1-2H3. The Morgan fingerprint density at radius 2 is 2.09 bits per heavy atom. The first-order valence-corrected chi connectivity index (χ1v) is 9.33. The Balaban J connectivity index is 1.97. The van der Waals surface area contributed by atoms with Crippen molar-refractivity contribution in [1.29, 1.82) is 0 Å². The Labute approximate surface area is 132 Å². The molecule has 0 radical (unpaired) electrons. The van der Waals surface area contributed by atoms with Crippen LogP contribution >= 0.6 is 0 Å². The number of hydrogen-bond donors (Lipinski definition) is 1. The fourth-order valence-corrected chi connectivity index (χ4v) is 4.04. The third-order valence-electron chi connectivity index (χ3n) is 4.62. The fraction of sp³-hybridized carbons (Fsp3) is 0.500. The maximum atomic E-state index is 11.9. The summed E-state index contributed by atoms with van der Waals surface area (Å²) in [7, 11) is 0.337. The van der Waals surface area contributed by atoms with E-state index in [2.05, 4.69) is 22.7 Å². The molecule has 1 N–H and O–H groups in total. The van der Waals surface area contributed by atoms with Crippen LogP contribution in [0.5, 0.6) is 0 Å². The number of sulfonamides is 1. The molecule has 6 heteroatoms. The van der Waals surface area contributed by atoms with E-state index in [0.29, 0.717) is 6.04 Å². The minimum Gasteiger partial charge on any atom is -0.331 e. The molecule has 2 heterocycles. The molecule has 0 spiro atoms. The zero-order chi connectivity index (χ0) is 15.7. The van der Waals surface area contributed by atoms with Crippen LogP contribution in [0.15, 0.2) is 30.5 Å². The summed E-state index contributed by atoms with van der Waals surface area (Å²) in [5, 5.41) is 1.16. The van der Waals surface area contributed by atoms with Crippen LogP contribution in [-0.4, -0.2) is 44.6 Å². The van der Waals surface area contributed by atoms with Crippen LogP contribution < -0.4 is 4.72 Å². The van der Waals surface area contributed by atoms with E-state index in [1.165, 1.54) is 25.5 Å². The van der Waals surface area contributed by atoms with Gasteiger partial charge in [0.2, 0.25) is 10.0 Å². The highest BCUT2D eigenvalue weighted by Gasteiger charge is 2.23. The normalized spacial score (nSPS) is 20.0. The fourth-order valence-electron chi connectivity index (χ4n) is 3.33. The maximum absolute atomic E-state index is 11.9. The number of rotatable bonds is 5. The Morgan fingerprint density at radius 1 is 1.32 bits per heavy atom. The Kier molecular flexibility index (Phi) is 4.25. The van der Waals surface area contributed by atoms with Crippen molar-refractivity contribution in [3.05, 3.63) is 36.0 Å². The molecule has 120 valence electrons. The molecule has 22 heavy (non-hydrogen) atoms. The predicted octanol–water partition coefficient (Wildman–Crippen LogP) is 1.78. The molecule has 0 saturated carbocycles. The van der Waals surface area contributed by atoms with Gasteiger partial charge in [-0.05, 0) is 51.5 Å². The van der Waals surface area contributed by atoms with Crippen molar-refractivity contribution in [2.24, 2.45) is 0 Å². The number of likely N-dealkylation sites (tertiary alicyclic amines) is 1. The van der Waals surface area contributed by atoms with E-state index < -0.39 is 10.0 Å². The minimum atomic E-state index is -3.29. The number of aromatic nitrogens is 1. The van der Waals surface area contributed by atoms with Gasteiger partial charge in [0.25, 0.3) is 0 Å². The Morgan fingerprint density at radius 3 is 2.77 bits per heavy atom. The summed E-state index contributed by atoms with van der Waals surface area (Å²) < 4.78 is 28.0. The van der Waals surface area contributed by atoms with Crippen LogP contribution in [0, 0.1) is 0 Å². The first kappa shape index (κ1) is 15.5. The minimum absolute atomic E-state index is 0.0372. The van der Waals surface area contributed by atoms with E-state index in [1.807, 2.05) is 29.0 Å². The van der Waals surface area contributed by atoms with Crippen molar-refractivity contribution < 1.29 is 8.42 Å². The summed E-state index contributed by atoms with van der Waals surface area (Å²) in [6, 6.07) is 8.60. The number of benzene rings is 1. The highest BCUT2D eigenvalue weighted by Crippen LogP contribution is 2.26. The number of para-hydroxylation sites is 1. The summed E-state index contributed by atoms with van der Waals surface area (Å²) in [5.74, 6) is -0.0372. The largest absolute Gasteiger partial charge is 0.331 e. The molecule has 3 rings (SSSR count). The maximum Gasteiger partial charge on any atom is 0.229 e. The molecular formula is C16H23N3O2S. The second-order valence-electron chi connectivity index (χ2n) is 6.07. The number of fused-ring (bicyclic) bond motifs is 1. The molecule has 1 aromatic heterocycles. The van der Waals surface area contributed by atoms with Crippen LogP contribution in [0.3, 0.4) is 0 Å². The molecule has 1 aliphatic rings. The van der Waals surface area contributed by atoms with Crippen LogP contribution in [0.25, 0.3) is 10.9 Å². The molecule has 1 aromatic carbocycles. The zero-order valence-electron chi connectivity index (χ0n) is 13.1. The van der Waals surface area contributed by atoms with Gasteiger partial charge < -0.3 is 9.47 Å². The van der Waals surface area contributed by atoms with Crippen molar-refractivity contribution in [1.82, 2.24) is 14.2 Å². The third-order valence-corrected chi connectivity index (χ3v) is 5.86.